The number of piperidine rings is 1. The summed E-state index contributed by atoms with van der Waals surface area (Å²) >= 11 is 0. The van der Waals surface area contributed by atoms with Gasteiger partial charge in [0.15, 0.2) is 0 Å². The molecule has 0 aliphatic carbocycles. The van der Waals surface area contributed by atoms with Crippen molar-refractivity contribution >= 4 is 12.0 Å². The van der Waals surface area contributed by atoms with Gasteiger partial charge in [0.25, 0.3) is 0 Å². The Hall–Kier alpha value is -1.30. The molecule has 1 heterocycles. The highest BCUT2D eigenvalue weighted by Gasteiger charge is 2.27. The molecule has 0 spiro atoms. The Morgan fingerprint density at radius 3 is 2.72 bits per heavy atom. The van der Waals surface area contributed by atoms with Crippen LogP contribution >= 0.6 is 0 Å². The van der Waals surface area contributed by atoms with Crippen molar-refractivity contribution in [3.8, 4) is 0 Å². The number of carbonyl (C=O) groups excluding carboxylic acids is 2. The van der Waals surface area contributed by atoms with Crippen molar-refractivity contribution in [1.29, 1.82) is 0 Å². The second-order valence-corrected chi connectivity index (χ2v) is 5.07. The summed E-state index contributed by atoms with van der Waals surface area (Å²) in [6.07, 6.45) is 1.41. The summed E-state index contributed by atoms with van der Waals surface area (Å²) in [6, 6.07) is -0.00841. The minimum absolute atomic E-state index is 0.00841. The monoisotopic (exact) mass is 257 g/mol. The number of nitrogens with zero attached hydrogens (tertiary/aromatic N) is 1. The second-order valence-electron chi connectivity index (χ2n) is 5.07. The van der Waals surface area contributed by atoms with Gasteiger partial charge in [0, 0.05) is 12.6 Å². The molecule has 1 rings (SSSR count). The molecule has 0 aromatic carbocycles. The van der Waals surface area contributed by atoms with Crippen LogP contribution in [0.3, 0.4) is 0 Å². The highest BCUT2D eigenvalue weighted by atomic mass is 16.6. The number of nitrogens with one attached hydrogen (secondary N) is 1. The van der Waals surface area contributed by atoms with Crippen molar-refractivity contribution in [3.63, 3.8) is 0 Å². The fraction of sp³-hybridized carbons (Fsp3) is 0.833. The second kappa shape index (κ2) is 7.20. The van der Waals surface area contributed by atoms with E-state index in [2.05, 4.69) is 5.32 Å². The van der Waals surface area contributed by atoms with E-state index in [1.807, 2.05) is 13.8 Å². The molecule has 104 valence electrons. The third kappa shape index (κ3) is 4.91. The summed E-state index contributed by atoms with van der Waals surface area (Å²) in [6.45, 7) is 5.84. The lowest BCUT2D eigenvalue weighted by Gasteiger charge is -2.33. The Kier molecular flexibility index (Phi) is 5.91. The Morgan fingerprint density at radius 1 is 1.50 bits per heavy atom. The van der Waals surface area contributed by atoms with E-state index in [0.29, 0.717) is 13.2 Å². The Labute approximate surface area is 108 Å². The van der Waals surface area contributed by atoms with Gasteiger partial charge in [-0.25, -0.2) is 4.79 Å². The van der Waals surface area contributed by atoms with E-state index in [4.69, 9.17) is 10.5 Å². The molecule has 18 heavy (non-hydrogen) atoms. The topological polar surface area (TPSA) is 84.7 Å². The maximum absolute atomic E-state index is 12.0. The van der Waals surface area contributed by atoms with Crippen LogP contribution in [0.15, 0.2) is 0 Å². The fourth-order valence-electron chi connectivity index (χ4n) is 1.93. The molecule has 6 nitrogen and oxygen atoms in total. The van der Waals surface area contributed by atoms with Crippen molar-refractivity contribution in [2.24, 2.45) is 11.7 Å². The van der Waals surface area contributed by atoms with E-state index in [-0.39, 0.29) is 18.5 Å². The Balaban J connectivity index is 2.58. The van der Waals surface area contributed by atoms with Gasteiger partial charge in [0.1, 0.15) is 6.54 Å². The minimum Gasteiger partial charge on any atom is -0.449 e. The van der Waals surface area contributed by atoms with Crippen LogP contribution in [-0.4, -0.2) is 49.2 Å². The first-order valence-corrected chi connectivity index (χ1v) is 6.43. The molecule has 1 aliphatic heterocycles. The van der Waals surface area contributed by atoms with E-state index in [9.17, 15) is 9.59 Å². The van der Waals surface area contributed by atoms with E-state index < -0.39 is 12.0 Å². The Bertz CT molecular complexity index is 288. The molecular weight excluding hydrogens is 234 g/mol. The van der Waals surface area contributed by atoms with Crippen LogP contribution in [0, 0.1) is 5.92 Å². The van der Waals surface area contributed by atoms with Crippen LogP contribution in [0.4, 0.5) is 4.79 Å². The molecule has 1 aliphatic rings. The highest BCUT2D eigenvalue weighted by molar-refractivity contribution is 5.81. The van der Waals surface area contributed by atoms with Gasteiger partial charge in [-0.15, -0.1) is 0 Å². The first-order valence-electron chi connectivity index (χ1n) is 6.43. The van der Waals surface area contributed by atoms with Gasteiger partial charge in [-0.3, -0.25) is 9.69 Å². The molecule has 1 atom stereocenters. The molecule has 1 unspecified atom stereocenters. The summed E-state index contributed by atoms with van der Waals surface area (Å²) in [5.41, 5.74) is 5.18. The SMILES string of the molecule is CC(C)COC(=O)N(CC(N)=O)C1CCCNC1. The number of nitrogens with two attached hydrogens (primary N) is 1. The van der Waals surface area contributed by atoms with Gasteiger partial charge in [-0.05, 0) is 25.3 Å². The summed E-state index contributed by atoms with van der Waals surface area (Å²) < 4.78 is 5.17. The number of amides is 2. The largest absolute Gasteiger partial charge is 0.449 e. The number of hydrogen-bond acceptors (Lipinski definition) is 4. The molecule has 0 saturated carbocycles. The number of ether oxygens (including phenoxy) is 1. The van der Waals surface area contributed by atoms with Crippen molar-refractivity contribution in [2.75, 3.05) is 26.2 Å². The Morgan fingerprint density at radius 2 is 2.22 bits per heavy atom. The third-order valence-electron chi connectivity index (χ3n) is 2.81. The lowest BCUT2D eigenvalue weighted by molar-refractivity contribution is -0.119. The third-order valence-corrected chi connectivity index (χ3v) is 2.81. The summed E-state index contributed by atoms with van der Waals surface area (Å²) in [4.78, 5) is 24.4. The molecule has 1 fully saturated rings. The van der Waals surface area contributed by atoms with Crippen LogP contribution in [-0.2, 0) is 9.53 Å². The molecular formula is C12H23N3O3. The minimum atomic E-state index is -0.512. The zero-order valence-electron chi connectivity index (χ0n) is 11.1. The predicted octanol–water partition coefficient (Wildman–Crippen LogP) is 0.318. The lowest BCUT2D eigenvalue weighted by Crippen LogP contribution is -2.51. The number of rotatable bonds is 5. The van der Waals surface area contributed by atoms with Gasteiger partial charge in [-0.1, -0.05) is 13.8 Å². The summed E-state index contributed by atoms with van der Waals surface area (Å²) in [5.74, 6) is -0.240. The zero-order valence-corrected chi connectivity index (χ0v) is 11.1. The first kappa shape index (κ1) is 14.8. The smallest absolute Gasteiger partial charge is 0.410 e. The number of carbonyl (C=O) groups is 2. The normalized spacial score (nSPS) is 19.6. The maximum atomic E-state index is 12.0. The first-order chi connectivity index (χ1) is 8.50. The molecule has 1 saturated heterocycles. The van der Waals surface area contributed by atoms with Gasteiger partial charge in [0.05, 0.1) is 6.61 Å². The van der Waals surface area contributed by atoms with Crippen molar-refractivity contribution < 1.29 is 14.3 Å². The maximum Gasteiger partial charge on any atom is 0.410 e. The van der Waals surface area contributed by atoms with Crippen LogP contribution in [0.1, 0.15) is 26.7 Å². The summed E-state index contributed by atoms with van der Waals surface area (Å²) in [7, 11) is 0. The number of primary amides is 1. The molecule has 2 amide bonds. The standard InChI is InChI=1S/C12H23N3O3/c1-9(2)8-18-12(17)15(7-11(13)16)10-4-3-5-14-6-10/h9-10,14H,3-8H2,1-2H3,(H2,13,16). The predicted molar refractivity (Wildman–Crippen MR) is 68.0 cm³/mol. The number of hydrogen-bond donors (Lipinski definition) is 2. The summed E-state index contributed by atoms with van der Waals surface area (Å²) in [5, 5.41) is 3.21. The van der Waals surface area contributed by atoms with Gasteiger partial charge in [-0.2, -0.15) is 0 Å². The van der Waals surface area contributed by atoms with Gasteiger partial charge < -0.3 is 15.8 Å². The quantitative estimate of drug-likeness (QED) is 0.742. The van der Waals surface area contributed by atoms with Crippen LogP contribution < -0.4 is 11.1 Å². The van der Waals surface area contributed by atoms with Crippen LogP contribution in [0.5, 0.6) is 0 Å². The van der Waals surface area contributed by atoms with Crippen molar-refractivity contribution in [3.05, 3.63) is 0 Å². The van der Waals surface area contributed by atoms with E-state index in [1.54, 1.807) is 0 Å². The van der Waals surface area contributed by atoms with Crippen molar-refractivity contribution in [2.45, 2.75) is 32.7 Å². The molecule has 0 bridgehead atoms. The molecule has 0 aromatic heterocycles. The fourth-order valence-corrected chi connectivity index (χ4v) is 1.93. The van der Waals surface area contributed by atoms with E-state index in [1.165, 1.54) is 4.90 Å². The van der Waals surface area contributed by atoms with Crippen molar-refractivity contribution in [1.82, 2.24) is 10.2 Å². The zero-order chi connectivity index (χ0) is 13.5. The van der Waals surface area contributed by atoms with E-state index >= 15 is 0 Å². The molecule has 6 heteroatoms. The molecule has 3 N–H and O–H groups in total. The molecule has 0 radical (unpaired) electrons. The van der Waals surface area contributed by atoms with Gasteiger partial charge in [0.2, 0.25) is 5.91 Å². The highest BCUT2D eigenvalue weighted by Crippen LogP contribution is 2.12. The van der Waals surface area contributed by atoms with Crippen LogP contribution in [0.2, 0.25) is 0 Å². The lowest BCUT2D eigenvalue weighted by atomic mass is 10.1. The van der Waals surface area contributed by atoms with Gasteiger partial charge >= 0.3 is 6.09 Å². The average Bonchev–Trinajstić information content (AvgIpc) is 2.34. The van der Waals surface area contributed by atoms with Crippen LogP contribution in [0.25, 0.3) is 0 Å². The molecule has 0 aromatic rings. The van der Waals surface area contributed by atoms with E-state index in [0.717, 1.165) is 19.4 Å². The average molecular weight is 257 g/mol.